The molecule has 2 N–H and O–H groups in total. The molecule has 0 aromatic heterocycles. The number of carbonyl (C=O) groups is 2. The summed E-state index contributed by atoms with van der Waals surface area (Å²) in [5, 5.41) is 5.73. The van der Waals surface area contributed by atoms with Crippen molar-refractivity contribution in [2.24, 2.45) is 5.92 Å². The number of amides is 2. The number of hydrogen-bond acceptors (Lipinski definition) is 3. The van der Waals surface area contributed by atoms with Gasteiger partial charge in [-0.3, -0.25) is 4.79 Å². The summed E-state index contributed by atoms with van der Waals surface area (Å²) in [7, 11) is 0. The molecule has 2 amide bonds. The second-order valence-electron chi connectivity index (χ2n) is 6.61. The lowest BCUT2D eigenvalue weighted by Gasteiger charge is -2.20. The van der Waals surface area contributed by atoms with E-state index in [4.69, 9.17) is 4.74 Å². The van der Waals surface area contributed by atoms with Gasteiger partial charge >= 0.3 is 6.09 Å². The Morgan fingerprint density at radius 2 is 1.95 bits per heavy atom. The molecule has 0 bridgehead atoms. The highest BCUT2D eigenvalue weighted by molar-refractivity contribution is 5.76. The zero-order valence-corrected chi connectivity index (χ0v) is 13.1. The minimum absolute atomic E-state index is 0.0785. The molecule has 0 radical (unpaired) electrons. The van der Waals surface area contributed by atoms with Crippen molar-refractivity contribution in [3.63, 3.8) is 0 Å². The molecule has 0 heterocycles. The monoisotopic (exact) mass is 284 g/mol. The van der Waals surface area contributed by atoms with Crippen molar-refractivity contribution in [2.75, 3.05) is 6.54 Å². The Hall–Kier alpha value is -1.26. The Bertz CT molecular complexity index is 337. The van der Waals surface area contributed by atoms with Crippen LogP contribution in [0.3, 0.4) is 0 Å². The zero-order valence-electron chi connectivity index (χ0n) is 13.1. The van der Waals surface area contributed by atoms with Crippen LogP contribution in [0.1, 0.15) is 59.8 Å². The van der Waals surface area contributed by atoms with Gasteiger partial charge in [0.2, 0.25) is 5.91 Å². The molecular weight excluding hydrogens is 256 g/mol. The molecule has 1 fully saturated rings. The van der Waals surface area contributed by atoms with Gasteiger partial charge in [0.15, 0.2) is 0 Å². The van der Waals surface area contributed by atoms with E-state index in [0.29, 0.717) is 31.3 Å². The van der Waals surface area contributed by atoms with Crippen molar-refractivity contribution >= 4 is 12.0 Å². The molecule has 1 aliphatic rings. The number of hydrogen-bond donors (Lipinski definition) is 2. The van der Waals surface area contributed by atoms with Crippen molar-refractivity contribution < 1.29 is 14.3 Å². The average Bonchev–Trinajstić information content (AvgIpc) is 2.68. The van der Waals surface area contributed by atoms with Gasteiger partial charge in [-0.05, 0) is 46.0 Å². The Morgan fingerprint density at radius 1 is 1.25 bits per heavy atom. The summed E-state index contributed by atoms with van der Waals surface area (Å²) >= 11 is 0. The van der Waals surface area contributed by atoms with Crippen LogP contribution < -0.4 is 10.6 Å². The lowest BCUT2D eigenvalue weighted by atomic mass is 10.1. The third-order valence-corrected chi connectivity index (χ3v) is 3.46. The molecule has 5 nitrogen and oxygen atoms in total. The smallest absolute Gasteiger partial charge is 0.407 e. The molecule has 0 spiro atoms. The fourth-order valence-electron chi connectivity index (χ4n) is 2.39. The van der Waals surface area contributed by atoms with Crippen LogP contribution >= 0.6 is 0 Å². The van der Waals surface area contributed by atoms with Crippen LogP contribution in [0.15, 0.2) is 0 Å². The molecule has 0 aromatic carbocycles. The van der Waals surface area contributed by atoms with Gasteiger partial charge in [-0.15, -0.1) is 0 Å². The van der Waals surface area contributed by atoms with Crippen molar-refractivity contribution in [2.45, 2.75) is 71.4 Å². The average molecular weight is 284 g/mol. The summed E-state index contributed by atoms with van der Waals surface area (Å²) in [4.78, 5) is 23.2. The van der Waals surface area contributed by atoms with Gasteiger partial charge in [0, 0.05) is 19.0 Å². The number of ether oxygens (including phenoxy) is 1. The van der Waals surface area contributed by atoms with Crippen LogP contribution in [0.25, 0.3) is 0 Å². The van der Waals surface area contributed by atoms with E-state index in [-0.39, 0.29) is 5.91 Å². The Morgan fingerprint density at radius 3 is 2.50 bits per heavy atom. The van der Waals surface area contributed by atoms with E-state index in [1.807, 2.05) is 20.8 Å². The molecule has 2 unspecified atom stereocenters. The van der Waals surface area contributed by atoms with Gasteiger partial charge in [0.25, 0.3) is 0 Å². The van der Waals surface area contributed by atoms with Crippen molar-refractivity contribution in [3.8, 4) is 0 Å². The van der Waals surface area contributed by atoms with Gasteiger partial charge in [-0.2, -0.15) is 0 Å². The van der Waals surface area contributed by atoms with Gasteiger partial charge in [-0.1, -0.05) is 13.3 Å². The standard InChI is InChI=1S/C15H28N2O3/c1-11-7-5-8-12(11)17-13(18)9-6-10-16-14(19)20-15(2,3)4/h11-12H,5-10H2,1-4H3,(H,16,19)(H,17,18). The molecule has 0 aromatic rings. The van der Waals surface area contributed by atoms with E-state index >= 15 is 0 Å². The lowest BCUT2D eigenvalue weighted by Crippen LogP contribution is -2.37. The summed E-state index contributed by atoms with van der Waals surface area (Å²) in [6.45, 7) is 8.11. The van der Waals surface area contributed by atoms with Crippen molar-refractivity contribution in [3.05, 3.63) is 0 Å². The first-order valence-electron chi connectivity index (χ1n) is 7.54. The van der Waals surface area contributed by atoms with Crippen LogP contribution in [0.2, 0.25) is 0 Å². The van der Waals surface area contributed by atoms with Crippen LogP contribution in [0.5, 0.6) is 0 Å². The molecule has 20 heavy (non-hydrogen) atoms. The number of alkyl carbamates (subject to hydrolysis) is 1. The zero-order chi connectivity index (χ0) is 15.2. The summed E-state index contributed by atoms with van der Waals surface area (Å²) in [5.41, 5.74) is -0.486. The SMILES string of the molecule is CC1CCCC1NC(=O)CCCNC(=O)OC(C)(C)C. The second-order valence-corrected chi connectivity index (χ2v) is 6.61. The maximum absolute atomic E-state index is 11.8. The predicted octanol–water partition coefficient (Wildman–Crippen LogP) is 2.60. The molecule has 116 valence electrons. The summed E-state index contributed by atoms with van der Waals surface area (Å²) in [6, 6.07) is 0.335. The summed E-state index contributed by atoms with van der Waals surface area (Å²) < 4.78 is 5.12. The fourth-order valence-corrected chi connectivity index (χ4v) is 2.39. The third-order valence-electron chi connectivity index (χ3n) is 3.46. The van der Waals surface area contributed by atoms with Crippen LogP contribution in [0, 0.1) is 5.92 Å². The van der Waals surface area contributed by atoms with E-state index < -0.39 is 11.7 Å². The first kappa shape index (κ1) is 16.8. The highest BCUT2D eigenvalue weighted by atomic mass is 16.6. The Kier molecular flexibility index (Phi) is 6.30. The lowest BCUT2D eigenvalue weighted by molar-refractivity contribution is -0.122. The molecule has 0 aliphatic heterocycles. The molecule has 1 aliphatic carbocycles. The van der Waals surface area contributed by atoms with E-state index in [9.17, 15) is 9.59 Å². The maximum atomic E-state index is 11.8. The van der Waals surface area contributed by atoms with Gasteiger partial charge in [-0.25, -0.2) is 4.79 Å². The van der Waals surface area contributed by atoms with Crippen LogP contribution in [-0.4, -0.2) is 30.2 Å². The van der Waals surface area contributed by atoms with Crippen molar-refractivity contribution in [1.82, 2.24) is 10.6 Å². The van der Waals surface area contributed by atoms with E-state index in [1.165, 1.54) is 12.8 Å². The summed E-state index contributed by atoms with van der Waals surface area (Å²) in [6.07, 6.45) is 4.13. The predicted molar refractivity (Wildman–Crippen MR) is 78.4 cm³/mol. The van der Waals surface area contributed by atoms with Crippen LogP contribution in [0.4, 0.5) is 4.79 Å². The summed E-state index contributed by atoms with van der Waals surface area (Å²) in [5.74, 6) is 0.661. The van der Waals surface area contributed by atoms with Gasteiger partial charge in [0.1, 0.15) is 5.60 Å². The van der Waals surface area contributed by atoms with Crippen LogP contribution in [-0.2, 0) is 9.53 Å². The van der Waals surface area contributed by atoms with E-state index in [1.54, 1.807) is 0 Å². The van der Waals surface area contributed by atoms with E-state index in [2.05, 4.69) is 17.6 Å². The quantitative estimate of drug-likeness (QED) is 0.763. The highest BCUT2D eigenvalue weighted by Gasteiger charge is 2.24. The topological polar surface area (TPSA) is 67.4 Å². The maximum Gasteiger partial charge on any atom is 0.407 e. The second kappa shape index (κ2) is 7.50. The fraction of sp³-hybridized carbons (Fsp3) is 0.867. The molecule has 0 saturated heterocycles. The Labute approximate surface area is 121 Å². The Balaban J connectivity index is 2.09. The number of nitrogens with one attached hydrogen (secondary N) is 2. The molecule has 5 heteroatoms. The molecular formula is C15H28N2O3. The normalized spacial score (nSPS) is 22.4. The molecule has 1 saturated carbocycles. The first-order chi connectivity index (χ1) is 9.28. The minimum Gasteiger partial charge on any atom is -0.444 e. The number of rotatable bonds is 5. The van der Waals surface area contributed by atoms with Gasteiger partial charge in [0.05, 0.1) is 0 Å². The third kappa shape index (κ3) is 6.78. The molecule has 2 atom stereocenters. The molecule has 1 rings (SSSR count). The van der Waals surface area contributed by atoms with Crippen molar-refractivity contribution in [1.29, 1.82) is 0 Å². The van der Waals surface area contributed by atoms with Gasteiger partial charge < -0.3 is 15.4 Å². The van der Waals surface area contributed by atoms with E-state index in [0.717, 1.165) is 6.42 Å². The first-order valence-corrected chi connectivity index (χ1v) is 7.54. The highest BCUT2D eigenvalue weighted by Crippen LogP contribution is 2.24. The number of carbonyl (C=O) groups excluding carboxylic acids is 2. The largest absolute Gasteiger partial charge is 0.444 e. The minimum atomic E-state index is -0.486.